The van der Waals surface area contributed by atoms with Crippen LogP contribution in [0.5, 0.6) is 0 Å². The van der Waals surface area contributed by atoms with E-state index in [-0.39, 0.29) is 27.8 Å². The predicted octanol–water partition coefficient (Wildman–Crippen LogP) is 3.42. The summed E-state index contributed by atoms with van der Waals surface area (Å²) < 4.78 is 27.7. The van der Waals surface area contributed by atoms with E-state index >= 15 is 0 Å². The van der Waals surface area contributed by atoms with Crippen LogP contribution < -0.4 is 4.90 Å². The number of hydrogen-bond acceptors (Lipinski definition) is 4. The van der Waals surface area contributed by atoms with Gasteiger partial charge in [-0.15, -0.1) is 0 Å². The first-order valence-corrected chi connectivity index (χ1v) is 9.63. The van der Waals surface area contributed by atoms with Crippen LogP contribution in [0, 0.1) is 0 Å². The normalized spacial score (nSPS) is 19.0. The fourth-order valence-corrected chi connectivity index (χ4v) is 5.20. The molecule has 2 heterocycles. The number of anilines is 1. The van der Waals surface area contributed by atoms with E-state index in [1.165, 1.54) is 16.4 Å². The summed E-state index contributed by atoms with van der Waals surface area (Å²) in [6, 6.07) is 10.4. The van der Waals surface area contributed by atoms with Crippen LogP contribution in [-0.4, -0.2) is 37.3 Å². The van der Waals surface area contributed by atoms with Gasteiger partial charge in [0, 0.05) is 31.9 Å². The van der Waals surface area contributed by atoms with Gasteiger partial charge in [0.2, 0.25) is 10.0 Å². The topological polar surface area (TPSA) is 53.5 Å². The van der Waals surface area contributed by atoms with Gasteiger partial charge < -0.3 is 4.90 Å². The Labute approximate surface area is 151 Å². The molecule has 1 aromatic heterocycles. The molecule has 1 atom stereocenters. The highest BCUT2D eigenvalue weighted by Gasteiger charge is 2.34. The Bertz CT molecular complexity index is 873. The third-order valence-corrected chi connectivity index (χ3v) is 6.73. The van der Waals surface area contributed by atoms with Crippen molar-refractivity contribution in [2.75, 3.05) is 18.5 Å². The molecule has 0 saturated heterocycles. The molecule has 1 aliphatic rings. The molecule has 0 saturated carbocycles. The number of benzene rings is 1. The number of sulfonamides is 1. The van der Waals surface area contributed by atoms with Crippen molar-refractivity contribution in [2.45, 2.75) is 24.4 Å². The second-order valence-electron chi connectivity index (χ2n) is 5.83. The number of pyridine rings is 1. The lowest BCUT2D eigenvalue weighted by Crippen LogP contribution is -2.41. The summed E-state index contributed by atoms with van der Waals surface area (Å²) in [5.74, 6) is 0. The number of halogens is 2. The van der Waals surface area contributed by atoms with Crippen molar-refractivity contribution in [3.8, 4) is 0 Å². The zero-order valence-corrected chi connectivity index (χ0v) is 15.6. The van der Waals surface area contributed by atoms with Gasteiger partial charge in [0.15, 0.2) is 5.15 Å². The van der Waals surface area contributed by atoms with Crippen LogP contribution in [0.3, 0.4) is 0 Å². The summed E-state index contributed by atoms with van der Waals surface area (Å²) in [6.45, 7) is 2.75. The largest absolute Gasteiger partial charge is 0.373 e. The highest BCUT2D eigenvalue weighted by Crippen LogP contribution is 2.32. The minimum absolute atomic E-state index is 0.0255. The van der Waals surface area contributed by atoms with Gasteiger partial charge >= 0.3 is 0 Å². The third kappa shape index (κ3) is 3.11. The van der Waals surface area contributed by atoms with E-state index in [0.29, 0.717) is 6.54 Å². The summed E-state index contributed by atoms with van der Waals surface area (Å²) >= 11 is 11.8. The third-order valence-electron chi connectivity index (χ3n) is 4.13. The number of nitrogens with zero attached hydrogens (tertiary/aromatic N) is 3. The van der Waals surface area contributed by atoms with Crippen molar-refractivity contribution < 1.29 is 8.42 Å². The Balaban J connectivity index is 2.07. The van der Waals surface area contributed by atoms with Gasteiger partial charge in [-0.05, 0) is 30.7 Å². The van der Waals surface area contributed by atoms with E-state index in [0.717, 1.165) is 11.3 Å². The van der Waals surface area contributed by atoms with Gasteiger partial charge in [-0.1, -0.05) is 41.4 Å². The van der Waals surface area contributed by atoms with E-state index in [1.54, 1.807) is 0 Å². The van der Waals surface area contributed by atoms with Crippen molar-refractivity contribution in [2.24, 2.45) is 0 Å². The summed E-state index contributed by atoms with van der Waals surface area (Å²) in [6.07, 6.45) is 0. The van der Waals surface area contributed by atoms with Crippen LogP contribution in [-0.2, 0) is 16.6 Å². The SMILES string of the molecule is CC1CN(C)c2ccccc2CN1S(=O)(=O)c1ccc(Cl)nc1Cl. The van der Waals surface area contributed by atoms with Crippen molar-refractivity contribution in [3.05, 3.63) is 52.3 Å². The molecule has 24 heavy (non-hydrogen) atoms. The summed E-state index contributed by atoms with van der Waals surface area (Å²) in [5.41, 5.74) is 1.98. The van der Waals surface area contributed by atoms with Crippen molar-refractivity contribution in [1.82, 2.24) is 9.29 Å². The Morgan fingerprint density at radius 2 is 1.88 bits per heavy atom. The molecule has 0 amide bonds. The quantitative estimate of drug-likeness (QED) is 0.743. The highest BCUT2D eigenvalue weighted by molar-refractivity contribution is 7.89. The number of rotatable bonds is 2. The van der Waals surface area contributed by atoms with Crippen molar-refractivity contribution >= 4 is 38.9 Å². The van der Waals surface area contributed by atoms with Crippen LogP contribution in [0.15, 0.2) is 41.3 Å². The number of para-hydroxylation sites is 1. The van der Waals surface area contributed by atoms with Crippen LogP contribution >= 0.6 is 23.2 Å². The molecule has 2 aromatic rings. The lowest BCUT2D eigenvalue weighted by atomic mass is 10.1. The van der Waals surface area contributed by atoms with Crippen LogP contribution in [0.4, 0.5) is 5.69 Å². The van der Waals surface area contributed by atoms with Gasteiger partial charge in [-0.2, -0.15) is 4.31 Å². The summed E-state index contributed by atoms with van der Waals surface area (Å²) in [7, 11) is -1.83. The van der Waals surface area contributed by atoms with E-state index in [1.807, 2.05) is 38.2 Å². The van der Waals surface area contributed by atoms with Gasteiger partial charge in [-0.3, -0.25) is 0 Å². The van der Waals surface area contributed by atoms with Crippen molar-refractivity contribution in [3.63, 3.8) is 0 Å². The average Bonchev–Trinajstić information content (AvgIpc) is 2.64. The fourth-order valence-electron chi connectivity index (χ4n) is 2.97. The smallest absolute Gasteiger partial charge is 0.246 e. The lowest BCUT2D eigenvalue weighted by molar-refractivity contribution is 0.340. The van der Waals surface area contributed by atoms with Gasteiger partial charge in [0.1, 0.15) is 10.0 Å². The monoisotopic (exact) mass is 385 g/mol. The maximum atomic E-state index is 13.1. The maximum Gasteiger partial charge on any atom is 0.246 e. The minimum atomic E-state index is -3.79. The lowest BCUT2D eigenvalue weighted by Gasteiger charge is -2.27. The zero-order chi connectivity index (χ0) is 17.5. The molecule has 5 nitrogen and oxygen atoms in total. The summed E-state index contributed by atoms with van der Waals surface area (Å²) in [4.78, 5) is 5.90. The molecule has 0 radical (unpaired) electrons. The molecule has 0 bridgehead atoms. The second kappa shape index (κ2) is 6.52. The Morgan fingerprint density at radius 3 is 2.58 bits per heavy atom. The molecule has 1 unspecified atom stereocenters. The number of aromatic nitrogens is 1. The Morgan fingerprint density at radius 1 is 1.17 bits per heavy atom. The van der Waals surface area contributed by atoms with E-state index in [2.05, 4.69) is 9.88 Å². The first-order chi connectivity index (χ1) is 11.3. The number of hydrogen-bond donors (Lipinski definition) is 0. The molecule has 0 aliphatic carbocycles. The first kappa shape index (κ1) is 17.5. The molecule has 128 valence electrons. The van der Waals surface area contributed by atoms with Crippen LogP contribution in [0.1, 0.15) is 12.5 Å². The Hall–Kier alpha value is -1.34. The highest BCUT2D eigenvalue weighted by atomic mass is 35.5. The molecule has 1 aliphatic heterocycles. The Kier molecular flexibility index (Phi) is 4.75. The first-order valence-electron chi connectivity index (χ1n) is 7.43. The van der Waals surface area contributed by atoms with Crippen LogP contribution in [0.25, 0.3) is 0 Å². The minimum Gasteiger partial charge on any atom is -0.373 e. The molecule has 0 spiro atoms. The number of likely N-dealkylation sites (N-methyl/N-ethyl adjacent to an activating group) is 1. The van der Waals surface area contributed by atoms with Crippen LogP contribution in [0.2, 0.25) is 10.3 Å². The van der Waals surface area contributed by atoms with E-state index < -0.39 is 10.0 Å². The van der Waals surface area contributed by atoms with Gasteiger partial charge in [0.05, 0.1) is 0 Å². The van der Waals surface area contributed by atoms with Gasteiger partial charge in [0.25, 0.3) is 0 Å². The van der Waals surface area contributed by atoms with E-state index in [4.69, 9.17) is 23.2 Å². The molecule has 0 N–H and O–H groups in total. The average molecular weight is 386 g/mol. The fraction of sp³-hybridized carbons (Fsp3) is 0.312. The molecular weight excluding hydrogens is 369 g/mol. The number of fused-ring (bicyclic) bond motifs is 1. The maximum absolute atomic E-state index is 13.1. The van der Waals surface area contributed by atoms with Gasteiger partial charge in [-0.25, -0.2) is 13.4 Å². The molecule has 0 fully saturated rings. The standard InChI is InChI=1S/C16H17Cl2N3O2S/c1-11-9-20(2)13-6-4-3-5-12(13)10-21(11)24(22,23)14-7-8-15(17)19-16(14)18/h3-8,11H,9-10H2,1-2H3. The molecule has 1 aromatic carbocycles. The van der Waals surface area contributed by atoms with Crippen molar-refractivity contribution in [1.29, 1.82) is 0 Å². The zero-order valence-electron chi connectivity index (χ0n) is 13.3. The molecule has 8 heteroatoms. The predicted molar refractivity (Wildman–Crippen MR) is 96.2 cm³/mol. The summed E-state index contributed by atoms with van der Waals surface area (Å²) in [5, 5.41) is 0.0496. The molecule has 3 rings (SSSR count). The van der Waals surface area contributed by atoms with E-state index in [9.17, 15) is 8.42 Å². The molecular formula is C16H17Cl2N3O2S. The second-order valence-corrected chi connectivity index (χ2v) is 8.44.